The first-order valence-electron chi connectivity index (χ1n) is 10.3. The number of carbonyl (C=O) groups is 1. The summed E-state index contributed by atoms with van der Waals surface area (Å²) in [7, 11) is -3.77. The van der Waals surface area contributed by atoms with E-state index in [9.17, 15) is 13.2 Å². The van der Waals surface area contributed by atoms with Gasteiger partial charge in [0.2, 0.25) is 5.91 Å². The van der Waals surface area contributed by atoms with Gasteiger partial charge in [0, 0.05) is 18.8 Å². The molecule has 1 saturated carbocycles. The molecule has 5 nitrogen and oxygen atoms in total. The zero-order chi connectivity index (χ0) is 20.9. The van der Waals surface area contributed by atoms with Crippen molar-refractivity contribution in [1.29, 1.82) is 0 Å². The molecule has 2 aromatic carbocycles. The molecule has 2 N–H and O–H groups in total. The summed E-state index contributed by atoms with van der Waals surface area (Å²) in [5, 5.41) is 6.20. The number of rotatable bonds is 8. The van der Waals surface area contributed by atoms with Crippen LogP contribution in [0, 0.1) is 13.8 Å². The highest BCUT2D eigenvalue weighted by Gasteiger charge is 2.53. The summed E-state index contributed by atoms with van der Waals surface area (Å²) >= 11 is 0. The predicted molar refractivity (Wildman–Crippen MR) is 117 cm³/mol. The Labute approximate surface area is 173 Å². The number of carbonyl (C=O) groups excluding carboxylic acids is 1. The van der Waals surface area contributed by atoms with Crippen molar-refractivity contribution in [2.75, 3.05) is 18.4 Å². The Morgan fingerprint density at radius 1 is 1.00 bits per heavy atom. The molecule has 156 valence electrons. The Hall–Kier alpha value is -2.34. The third kappa shape index (κ3) is 4.47. The summed E-state index contributed by atoms with van der Waals surface area (Å²) in [5.74, 6) is -0.351. The lowest BCUT2D eigenvalue weighted by atomic mass is 10.1. The van der Waals surface area contributed by atoms with Crippen molar-refractivity contribution in [3.8, 4) is 0 Å². The average Bonchev–Trinajstić information content (AvgIpc) is 3.22. The highest BCUT2D eigenvalue weighted by Crippen LogP contribution is 2.41. The average molecular weight is 415 g/mol. The van der Waals surface area contributed by atoms with Crippen LogP contribution in [-0.2, 0) is 14.6 Å². The van der Waals surface area contributed by atoms with Gasteiger partial charge in [0.1, 0.15) is 0 Å². The SMILES string of the molecule is Cc1ccc(C)c(S(=O)(=O)C2(C(=O)NCCCNc3ccccc3)CCCC2)c1. The van der Waals surface area contributed by atoms with E-state index in [1.54, 1.807) is 13.0 Å². The van der Waals surface area contributed by atoms with Crippen LogP contribution >= 0.6 is 0 Å². The second-order valence-corrected chi connectivity index (χ2v) is 10.1. The monoisotopic (exact) mass is 414 g/mol. The molecule has 0 aromatic heterocycles. The molecular formula is C23H30N2O3S. The standard InChI is InChI=1S/C23H30N2O3S/c1-18-11-12-19(2)21(17-18)29(27,28)23(13-6-7-14-23)22(26)25-16-8-15-24-20-9-4-3-5-10-20/h3-5,9-12,17,24H,6-8,13-16H2,1-2H3,(H,25,26). The molecule has 0 aliphatic heterocycles. The van der Waals surface area contributed by atoms with Crippen LogP contribution in [-0.4, -0.2) is 32.2 Å². The third-order valence-corrected chi connectivity index (χ3v) is 8.36. The number of para-hydroxylation sites is 1. The summed E-state index contributed by atoms with van der Waals surface area (Å²) < 4.78 is 25.8. The van der Waals surface area contributed by atoms with Crippen LogP contribution in [0.5, 0.6) is 0 Å². The van der Waals surface area contributed by atoms with Gasteiger partial charge >= 0.3 is 0 Å². The minimum Gasteiger partial charge on any atom is -0.385 e. The molecule has 2 aromatic rings. The Morgan fingerprint density at radius 3 is 2.38 bits per heavy atom. The van der Waals surface area contributed by atoms with E-state index in [2.05, 4.69) is 10.6 Å². The van der Waals surface area contributed by atoms with Crippen LogP contribution in [0.15, 0.2) is 53.4 Å². The van der Waals surface area contributed by atoms with Crippen molar-refractivity contribution >= 4 is 21.4 Å². The van der Waals surface area contributed by atoms with Crippen LogP contribution in [0.3, 0.4) is 0 Å². The van der Waals surface area contributed by atoms with Crippen LogP contribution in [0.2, 0.25) is 0 Å². The molecule has 0 heterocycles. The summed E-state index contributed by atoms with van der Waals surface area (Å²) in [6.07, 6.45) is 3.01. The minimum atomic E-state index is -3.77. The molecule has 1 fully saturated rings. The molecule has 0 saturated heterocycles. The van der Waals surface area contributed by atoms with Crippen molar-refractivity contribution in [2.24, 2.45) is 0 Å². The molecular weight excluding hydrogens is 384 g/mol. The molecule has 1 aliphatic rings. The maximum Gasteiger partial charge on any atom is 0.241 e. The van der Waals surface area contributed by atoms with Crippen molar-refractivity contribution < 1.29 is 13.2 Å². The van der Waals surface area contributed by atoms with E-state index in [1.165, 1.54) is 0 Å². The highest BCUT2D eigenvalue weighted by atomic mass is 32.2. The number of hydrogen-bond donors (Lipinski definition) is 2. The first-order chi connectivity index (χ1) is 13.9. The van der Waals surface area contributed by atoms with E-state index in [0.717, 1.165) is 30.5 Å². The quantitative estimate of drug-likeness (QED) is 0.640. The van der Waals surface area contributed by atoms with Crippen LogP contribution in [0.4, 0.5) is 5.69 Å². The fourth-order valence-corrected chi connectivity index (χ4v) is 6.41. The maximum absolute atomic E-state index is 13.6. The van der Waals surface area contributed by atoms with Gasteiger partial charge in [-0.15, -0.1) is 0 Å². The van der Waals surface area contributed by atoms with Gasteiger partial charge in [-0.3, -0.25) is 4.79 Å². The first kappa shape index (κ1) is 21.4. The summed E-state index contributed by atoms with van der Waals surface area (Å²) in [6.45, 7) is 4.82. The van der Waals surface area contributed by atoms with Crippen molar-refractivity contribution in [1.82, 2.24) is 5.32 Å². The Balaban J connectivity index is 1.68. The Morgan fingerprint density at radius 2 is 1.69 bits per heavy atom. The van der Waals surface area contributed by atoms with Gasteiger partial charge in [-0.1, -0.05) is 43.2 Å². The normalized spacial score (nSPS) is 15.8. The van der Waals surface area contributed by atoms with E-state index in [-0.39, 0.29) is 5.91 Å². The van der Waals surface area contributed by atoms with Gasteiger partial charge in [0.25, 0.3) is 0 Å². The second-order valence-electron chi connectivity index (χ2n) is 7.88. The summed E-state index contributed by atoms with van der Waals surface area (Å²) in [4.78, 5) is 13.4. The molecule has 0 radical (unpaired) electrons. The zero-order valence-electron chi connectivity index (χ0n) is 17.2. The van der Waals surface area contributed by atoms with Gasteiger partial charge in [0.05, 0.1) is 4.90 Å². The third-order valence-electron chi connectivity index (χ3n) is 5.71. The second kappa shape index (κ2) is 8.99. The molecule has 0 bridgehead atoms. The predicted octanol–water partition coefficient (Wildman–Crippen LogP) is 4.01. The molecule has 6 heteroatoms. The fourth-order valence-electron chi connectivity index (χ4n) is 4.01. The number of aryl methyl sites for hydroxylation is 2. The molecule has 0 unspecified atom stereocenters. The molecule has 1 aliphatic carbocycles. The Bertz CT molecular complexity index is 949. The van der Waals surface area contributed by atoms with Gasteiger partial charge in [-0.2, -0.15) is 0 Å². The van der Waals surface area contributed by atoms with Crippen LogP contribution in [0.25, 0.3) is 0 Å². The van der Waals surface area contributed by atoms with Gasteiger partial charge < -0.3 is 10.6 Å². The zero-order valence-corrected chi connectivity index (χ0v) is 18.0. The maximum atomic E-state index is 13.6. The van der Waals surface area contributed by atoms with Crippen molar-refractivity contribution in [2.45, 2.75) is 55.6 Å². The number of amides is 1. The van der Waals surface area contributed by atoms with E-state index in [1.807, 2.05) is 49.4 Å². The number of nitrogens with one attached hydrogen (secondary N) is 2. The fraction of sp³-hybridized carbons (Fsp3) is 0.435. The van der Waals surface area contributed by atoms with Crippen LogP contribution in [0.1, 0.15) is 43.2 Å². The summed E-state index contributed by atoms with van der Waals surface area (Å²) in [5.41, 5.74) is 2.61. The lowest BCUT2D eigenvalue weighted by Gasteiger charge is -2.28. The van der Waals surface area contributed by atoms with Crippen LogP contribution < -0.4 is 10.6 Å². The van der Waals surface area contributed by atoms with E-state index in [0.29, 0.717) is 36.4 Å². The number of sulfone groups is 1. The topological polar surface area (TPSA) is 75.3 Å². The largest absolute Gasteiger partial charge is 0.385 e. The van der Waals surface area contributed by atoms with Gasteiger partial charge in [0.15, 0.2) is 14.6 Å². The summed E-state index contributed by atoms with van der Waals surface area (Å²) in [6, 6.07) is 15.3. The molecule has 0 atom stereocenters. The van der Waals surface area contributed by atoms with Gasteiger partial charge in [-0.25, -0.2) is 8.42 Å². The number of anilines is 1. The molecule has 1 amide bonds. The van der Waals surface area contributed by atoms with Crippen molar-refractivity contribution in [3.05, 3.63) is 59.7 Å². The van der Waals surface area contributed by atoms with Gasteiger partial charge in [-0.05, 0) is 62.4 Å². The minimum absolute atomic E-state index is 0.292. The molecule has 3 rings (SSSR count). The smallest absolute Gasteiger partial charge is 0.241 e. The van der Waals surface area contributed by atoms with E-state index < -0.39 is 14.6 Å². The van der Waals surface area contributed by atoms with E-state index in [4.69, 9.17) is 0 Å². The highest BCUT2D eigenvalue weighted by molar-refractivity contribution is 7.93. The molecule has 0 spiro atoms. The lowest BCUT2D eigenvalue weighted by molar-refractivity contribution is -0.123. The van der Waals surface area contributed by atoms with E-state index >= 15 is 0 Å². The number of hydrogen-bond acceptors (Lipinski definition) is 4. The lowest BCUT2D eigenvalue weighted by Crippen LogP contribution is -2.51. The Kier molecular flexibility index (Phi) is 6.63. The molecule has 29 heavy (non-hydrogen) atoms. The van der Waals surface area contributed by atoms with Crippen molar-refractivity contribution in [3.63, 3.8) is 0 Å². The first-order valence-corrected chi connectivity index (χ1v) is 11.7. The number of benzene rings is 2.